The van der Waals surface area contributed by atoms with Crippen LogP contribution in [-0.2, 0) is 80.0 Å². The summed E-state index contributed by atoms with van der Waals surface area (Å²) in [4.78, 5) is 141. The number of carbonyl (C=O) groups excluding carboxylic acids is 8. The fourth-order valence-electron chi connectivity index (χ4n) is 8.86. The maximum Gasteiger partial charge on any atom is 0.326 e. The summed E-state index contributed by atoms with van der Waals surface area (Å²) >= 11 is 0. The van der Waals surface area contributed by atoms with E-state index in [2.05, 4.69) is 47.5 Å². The number of nitrogens with one attached hydrogen (secondary N) is 8. The van der Waals surface area contributed by atoms with Crippen LogP contribution in [0.1, 0.15) is 54.0 Å². The van der Waals surface area contributed by atoms with Crippen molar-refractivity contribution in [2.75, 3.05) is 13.2 Å². The molecule has 0 radical (unpaired) electrons. The average Bonchev–Trinajstić information content (AvgIpc) is 3.68. The molecule has 0 unspecified atom stereocenters. The van der Waals surface area contributed by atoms with Crippen molar-refractivity contribution in [1.29, 1.82) is 0 Å². The third-order valence-corrected chi connectivity index (χ3v) is 13.5. The Morgan fingerprint density at radius 2 is 0.701 bits per heavy atom. The van der Waals surface area contributed by atoms with Crippen molar-refractivity contribution >= 4 is 65.2 Å². The number of amides is 8. The Kier molecular flexibility index (Phi) is 26.8. The van der Waals surface area contributed by atoms with Crippen molar-refractivity contribution in [3.8, 4) is 5.75 Å². The second-order valence-electron chi connectivity index (χ2n) is 20.5. The van der Waals surface area contributed by atoms with Crippen molar-refractivity contribution in [1.82, 2.24) is 42.5 Å². The van der Waals surface area contributed by atoms with Crippen LogP contribution < -0.4 is 59.7 Å². The number of hydrogen-bond donors (Lipinski definition) is 15. The summed E-state index contributed by atoms with van der Waals surface area (Å²) in [6.07, 6.45) is -1.89. The Morgan fingerprint density at radius 3 is 1.01 bits per heavy atom. The van der Waals surface area contributed by atoms with Crippen molar-refractivity contribution in [2.45, 2.75) is 113 Å². The predicted octanol–water partition coefficient (Wildman–Crippen LogP) is -1.26. The fraction of sp³-hybridized carbons (Fsp3) is 0.328. The number of rotatable bonds is 34. The first-order chi connectivity index (χ1) is 41.6. The third-order valence-electron chi connectivity index (χ3n) is 13.5. The topological polar surface area (TPSA) is 438 Å². The van der Waals surface area contributed by atoms with Gasteiger partial charge in [-0.05, 0) is 59.7 Å². The predicted molar refractivity (Wildman–Crippen MR) is 318 cm³/mol. The Hall–Kier alpha value is -10.2. The van der Waals surface area contributed by atoms with Gasteiger partial charge in [0.15, 0.2) is 5.96 Å². The molecule has 18 N–H and O–H groups in total. The number of carboxylic acids is 2. The third kappa shape index (κ3) is 23.4. The number of benzene rings is 5. The molecule has 0 aliphatic carbocycles. The molecule has 26 heteroatoms. The Morgan fingerprint density at radius 1 is 0.414 bits per heavy atom. The molecule has 5 aromatic carbocycles. The zero-order valence-electron chi connectivity index (χ0n) is 47.7. The molecule has 0 aromatic heterocycles. The van der Waals surface area contributed by atoms with Gasteiger partial charge in [0.1, 0.15) is 54.1 Å². The lowest BCUT2D eigenvalue weighted by Gasteiger charge is -2.28. The highest BCUT2D eigenvalue weighted by atomic mass is 16.4. The van der Waals surface area contributed by atoms with Gasteiger partial charge in [0.05, 0.1) is 19.1 Å². The van der Waals surface area contributed by atoms with Crippen molar-refractivity contribution in [3.63, 3.8) is 0 Å². The first kappa shape index (κ1) is 67.6. The summed E-state index contributed by atoms with van der Waals surface area (Å²) in [6, 6.07) is 26.5. The molecule has 9 atom stereocenters. The van der Waals surface area contributed by atoms with E-state index in [9.17, 15) is 68.4 Å². The molecule has 0 fully saturated rings. The number of aliphatic hydroxyl groups excluding tert-OH is 1. The van der Waals surface area contributed by atoms with Crippen LogP contribution in [0.3, 0.4) is 0 Å². The molecule has 0 spiro atoms. The standard InChI is InChI=1S/C61H74N12O14/c1-36(62)52(78)67-44(33-41-24-26-42(75)27-25-41)53(79)68-45(29-37-15-6-2-7-16-37)54(80)69-46(30-38-17-8-3-9-18-38)55(81)70-47(31-39-19-10-4-11-20-39)56(82)71-48(32-40-21-12-5-13-22-40)57(83)73-50(35-74)59(85)72-49(34-51(76)77)58(84)66-43(60(86)87)23-14-28-65-61(63)64/h2-13,15-22,24-27,36,43-50,74-75H,14,23,28-35,62H2,1H3,(H,66,84)(H,67,78)(H,68,79)(H,69,80)(H,70,81)(H,71,82)(H,72,85)(H,73,83)(H,76,77)(H,86,87)(H4,63,64,65)/t36-,43-,44-,45-,46-,47-,48-,49-,50-/m0/s1. The van der Waals surface area contributed by atoms with E-state index in [1.165, 1.54) is 19.1 Å². The lowest BCUT2D eigenvalue weighted by molar-refractivity contribution is -0.144. The van der Waals surface area contributed by atoms with Crippen molar-refractivity contribution in [3.05, 3.63) is 173 Å². The molecule has 87 heavy (non-hydrogen) atoms. The van der Waals surface area contributed by atoms with E-state index < -0.39 is 127 Å². The van der Waals surface area contributed by atoms with Crippen molar-refractivity contribution < 1.29 is 68.4 Å². The summed E-state index contributed by atoms with van der Waals surface area (Å²) in [5.41, 5.74) is 19.3. The summed E-state index contributed by atoms with van der Waals surface area (Å²) in [6.45, 7) is 0.322. The zero-order valence-corrected chi connectivity index (χ0v) is 47.7. The van der Waals surface area contributed by atoms with Gasteiger partial charge >= 0.3 is 11.9 Å². The summed E-state index contributed by atoms with van der Waals surface area (Å²) in [5.74, 6) is -10.9. The van der Waals surface area contributed by atoms with E-state index >= 15 is 0 Å². The smallest absolute Gasteiger partial charge is 0.326 e. The van der Waals surface area contributed by atoms with E-state index in [-0.39, 0.29) is 63.2 Å². The molecule has 0 heterocycles. The lowest BCUT2D eigenvalue weighted by Crippen LogP contribution is -2.61. The number of guanidine groups is 1. The van der Waals surface area contributed by atoms with E-state index in [4.69, 9.17) is 17.2 Å². The zero-order chi connectivity index (χ0) is 63.4. The molecular weight excluding hydrogens is 1120 g/mol. The molecule has 0 aliphatic rings. The molecule has 0 aliphatic heterocycles. The first-order valence-corrected chi connectivity index (χ1v) is 27.8. The van der Waals surface area contributed by atoms with Gasteiger partial charge in [-0.15, -0.1) is 0 Å². The van der Waals surface area contributed by atoms with Gasteiger partial charge in [-0.2, -0.15) is 0 Å². The maximum absolute atomic E-state index is 14.9. The van der Waals surface area contributed by atoms with Gasteiger partial charge in [-0.25, -0.2) is 4.79 Å². The quantitative estimate of drug-likeness (QED) is 0.0130. The van der Waals surface area contributed by atoms with Crippen LogP contribution >= 0.6 is 0 Å². The second-order valence-corrected chi connectivity index (χ2v) is 20.5. The highest BCUT2D eigenvalue weighted by molar-refractivity contribution is 5.99. The van der Waals surface area contributed by atoms with Crippen LogP contribution in [0.4, 0.5) is 0 Å². The summed E-state index contributed by atoms with van der Waals surface area (Å²) in [7, 11) is 0. The van der Waals surface area contributed by atoms with Crippen LogP contribution in [0.15, 0.2) is 151 Å². The number of carbonyl (C=O) groups is 10. The number of phenols is 1. The molecule has 5 rings (SSSR count). The Bertz CT molecular complexity index is 3140. The van der Waals surface area contributed by atoms with E-state index in [0.717, 1.165) is 0 Å². The molecule has 462 valence electrons. The van der Waals surface area contributed by atoms with Crippen LogP contribution in [0.25, 0.3) is 0 Å². The van der Waals surface area contributed by atoms with E-state index in [0.29, 0.717) is 27.8 Å². The minimum atomic E-state index is -1.92. The van der Waals surface area contributed by atoms with Crippen LogP contribution in [0.2, 0.25) is 0 Å². The molecule has 26 nitrogen and oxygen atoms in total. The lowest BCUT2D eigenvalue weighted by atomic mass is 9.99. The first-order valence-electron chi connectivity index (χ1n) is 27.8. The Balaban J connectivity index is 1.43. The molecular formula is C61H74N12O14. The molecule has 0 bridgehead atoms. The van der Waals surface area contributed by atoms with Gasteiger partial charge in [0.25, 0.3) is 0 Å². The van der Waals surface area contributed by atoms with Crippen LogP contribution in [0.5, 0.6) is 5.75 Å². The van der Waals surface area contributed by atoms with E-state index in [1.807, 2.05) is 0 Å². The largest absolute Gasteiger partial charge is 0.508 e. The van der Waals surface area contributed by atoms with E-state index in [1.54, 1.807) is 133 Å². The average molecular weight is 1200 g/mol. The number of aliphatic carboxylic acids is 2. The van der Waals surface area contributed by atoms with Crippen molar-refractivity contribution in [2.24, 2.45) is 22.2 Å². The molecule has 5 aromatic rings. The second kappa shape index (κ2) is 34.5. The van der Waals surface area contributed by atoms with Gasteiger partial charge in [-0.1, -0.05) is 133 Å². The maximum atomic E-state index is 14.9. The number of carboxylic acid groups (broad SMARTS) is 2. The number of hydrogen-bond acceptors (Lipinski definition) is 14. The normalized spacial score (nSPS) is 14.0. The van der Waals surface area contributed by atoms with Gasteiger partial charge < -0.3 is 80.2 Å². The molecule has 8 amide bonds. The molecule has 0 saturated heterocycles. The number of phenolic OH excluding ortho intramolecular Hbond substituents is 1. The highest BCUT2D eigenvalue weighted by Gasteiger charge is 2.36. The molecule has 0 saturated carbocycles. The number of nitrogens with two attached hydrogens (primary N) is 3. The van der Waals surface area contributed by atoms with Crippen LogP contribution in [-0.4, -0.2) is 153 Å². The number of aromatic hydroxyl groups is 1. The number of nitrogens with zero attached hydrogens (tertiary/aromatic N) is 1. The van der Waals surface area contributed by atoms with Gasteiger partial charge in [0.2, 0.25) is 47.3 Å². The van der Waals surface area contributed by atoms with Crippen LogP contribution in [0, 0.1) is 0 Å². The van der Waals surface area contributed by atoms with Gasteiger partial charge in [-0.3, -0.25) is 48.1 Å². The summed E-state index contributed by atoms with van der Waals surface area (Å²) in [5, 5.41) is 60.1. The van der Waals surface area contributed by atoms with Gasteiger partial charge in [0, 0.05) is 38.6 Å². The summed E-state index contributed by atoms with van der Waals surface area (Å²) < 4.78 is 0. The minimum Gasteiger partial charge on any atom is -0.508 e. The number of aliphatic hydroxyl groups is 1. The monoisotopic (exact) mass is 1200 g/mol. The Labute approximate surface area is 501 Å². The SMILES string of the molecule is C[C@H](N)C(=O)N[C@@H](Cc1ccc(O)cc1)C(=O)N[C@@H](Cc1ccccc1)C(=O)N[C@@H](Cc1ccccc1)C(=O)N[C@@H](Cc1ccccc1)C(=O)N[C@@H](Cc1ccccc1)C(=O)N[C@@H](CO)C(=O)N[C@@H](CC(=O)O)C(=O)N[C@@H](CCCN=C(N)N)C(=O)O. The number of aliphatic imine (C=N–C) groups is 1. The minimum absolute atomic E-state index is 0.00568. The highest BCUT2D eigenvalue weighted by Crippen LogP contribution is 2.15. The fourth-order valence-corrected chi connectivity index (χ4v) is 8.86.